The Morgan fingerprint density at radius 3 is 1.89 bits per heavy atom. The van der Waals surface area contributed by atoms with Crippen LogP contribution in [-0.4, -0.2) is 50.4 Å². The van der Waals surface area contributed by atoms with Gasteiger partial charge in [0.05, 0.1) is 17.3 Å². The van der Waals surface area contributed by atoms with Crippen LogP contribution in [0, 0.1) is 0 Å². The van der Waals surface area contributed by atoms with Crippen molar-refractivity contribution in [2.75, 3.05) is 38.3 Å². The number of rotatable bonds is 9. The van der Waals surface area contributed by atoms with Crippen molar-refractivity contribution in [3.8, 4) is 5.75 Å². The molecule has 3 rings (SSSR count). The van der Waals surface area contributed by atoms with Gasteiger partial charge >= 0.3 is 0 Å². The minimum Gasteiger partial charge on any atom is -0.505 e. The zero-order valence-corrected chi connectivity index (χ0v) is 23.5. The van der Waals surface area contributed by atoms with Crippen molar-refractivity contribution in [2.45, 2.75) is 46.6 Å². The van der Waals surface area contributed by atoms with Crippen molar-refractivity contribution in [2.24, 2.45) is 0 Å². The maximum Gasteiger partial charge on any atom is 0.253 e. The van der Waals surface area contributed by atoms with Crippen molar-refractivity contribution in [1.29, 1.82) is 0 Å². The Morgan fingerprint density at radius 2 is 1.42 bits per heavy atom. The molecule has 208 valence electrons. The van der Waals surface area contributed by atoms with Gasteiger partial charge in [-0.15, -0.1) is 0 Å². The van der Waals surface area contributed by atoms with Crippen LogP contribution in [0.4, 0.5) is 17.1 Å². The average molecular weight is 527 g/mol. The largest absolute Gasteiger partial charge is 0.505 e. The highest BCUT2D eigenvalue weighted by Crippen LogP contribution is 2.30. The molecule has 3 aromatic rings. The lowest BCUT2D eigenvalue weighted by Gasteiger charge is -2.15. The Labute approximate surface area is 225 Å². The second kappa shape index (κ2) is 19.2. The topological polar surface area (TPSA) is 128 Å². The fourth-order valence-corrected chi connectivity index (χ4v) is 2.97. The molecule has 0 aromatic heterocycles. The minimum atomic E-state index is -0.646. The van der Waals surface area contributed by atoms with E-state index in [1.165, 1.54) is 18.6 Å². The zero-order chi connectivity index (χ0) is 29.1. The molecular formula is C29H42N4O5. The van der Waals surface area contributed by atoms with Crippen molar-refractivity contribution >= 4 is 29.8 Å². The third-order valence-corrected chi connectivity index (χ3v) is 4.60. The van der Waals surface area contributed by atoms with E-state index in [2.05, 4.69) is 29.8 Å². The van der Waals surface area contributed by atoms with Crippen LogP contribution in [0.5, 0.6) is 5.75 Å². The molecule has 0 saturated carbocycles. The number of benzene rings is 2. The number of para-hydroxylation sites is 1. The summed E-state index contributed by atoms with van der Waals surface area (Å²) in [5.41, 5.74) is 0.535. The van der Waals surface area contributed by atoms with Crippen molar-refractivity contribution in [3.63, 3.8) is 0 Å². The molecule has 0 saturated heterocycles. The Balaban J connectivity index is 0.000000614. The predicted molar refractivity (Wildman–Crippen MR) is 157 cm³/mol. The second-order valence-electron chi connectivity index (χ2n) is 8.63. The van der Waals surface area contributed by atoms with Gasteiger partial charge in [-0.3, -0.25) is 19.2 Å². The van der Waals surface area contributed by atoms with Crippen LogP contribution in [0.15, 0.2) is 58.1 Å². The molecule has 1 unspecified atom stereocenters. The molecule has 38 heavy (non-hydrogen) atoms. The average Bonchev–Trinajstić information content (AvgIpc) is 2.91. The highest BCUT2D eigenvalue weighted by Gasteiger charge is 2.21. The van der Waals surface area contributed by atoms with Gasteiger partial charge < -0.3 is 26.0 Å². The summed E-state index contributed by atoms with van der Waals surface area (Å²) in [6.07, 6.45) is 3.43. The van der Waals surface area contributed by atoms with Crippen LogP contribution in [-0.2, 0) is 4.79 Å². The molecule has 4 N–H and O–H groups in total. The van der Waals surface area contributed by atoms with Gasteiger partial charge in [-0.25, -0.2) is 0 Å². The number of amides is 1. The van der Waals surface area contributed by atoms with Gasteiger partial charge in [0.1, 0.15) is 17.1 Å². The molecule has 0 aliphatic heterocycles. The first-order chi connectivity index (χ1) is 18.1. The number of phenols is 1. The molecule has 0 heterocycles. The van der Waals surface area contributed by atoms with E-state index in [0.717, 1.165) is 18.4 Å². The minimum absolute atomic E-state index is 0.102. The summed E-state index contributed by atoms with van der Waals surface area (Å²) in [5, 5.41) is 18.0. The van der Waals surface area contributed by atoms with E-state index < -0.39 is 10.9 Å². The lowest BCUT2D eigenvalue weighted by Crippen LogP contribution is -2.36. The third kappa shape index (κ3) is 11.4. The van der Waals surface area contributed by atoms with Gasteiger partial charge in [0, 0.05) is 6.54 Å². The van der Waals surface area contributed by atoms with Crippen molar-refractivity contribution < 1.29 is 14.7 Å². The smallest absolute Gasteiger partial charge is 0.253 e. The number of carbonyl (C=O) groups is 2. The van der Waals surface area contributed by atoms with Crippen LogP contribution in [0.1, 0.15) is 62.5 Å². The van der Waals surface area contributed by atoms with E-state index in [0.29, 0.717) is 12.8 Å². The summed E-state index contributed by atoms with van der Waals surface area (Å²) in [4.78, 5) is 45.7. The third-order valence-electron chi connectivity index (χ3n) is 4.60. The summed E-state index contributed by atoms with van der Waals surface area (Å²) >= 11 is 0. The standard InChI is InChI=1S/C13H12N2O4.C10H13NO.C3H9N.C3H8/c1-2-14-9-10(13(19)12(9)18)15-8-5-3-4-7(6-16)11(8)17;1-2-10(11-8-12)9-6-4-3-5-7-9;1-4(2)3;1-3-2/h3-6,14-15,17H,2H2,1H3;3-8,10H,2H2,1H3,(H,11,12);1-3H3;3H2,1-2H3. The fraction of sp³-hybridized carbons (Fsp3) is 0.379. The highest BCUT2D eigenvalue weighted by atomic mass is 16.3. The maximum atomic E-state index is 11.5. The number of phenolic OH excluding ortho intramolecular Hbond substituents is 1. The van der Waals surface area contributed by atoms with Gasteiger partial charge in [-0.05, 0) is 52.2 Å². The van der Waals surface area contributed by atoms with Gasteiger partial charge in [0.25, 0.3) is 10.9 Å². The van der Waals surface area contributed by atoms with E-state index in [1.54, 1.807) is 13.0 Å². The first-order valence-electron chi connectivity index (χ1n) is 12.6. The van der Waals surface area contributed by atoms with Crippen LogP contribution < -0.4 is 26.8 Å². The summed E-state index contributed by atoms with van der Waals surface area (Å²) < 4.78 is 0. The quantitative estimate of drug-likeness (QED) is 0.183. The Bertz CT molecular complexity index is 1150. The number of nitrogens with zero attached hydrogens (tertiary/aromatic N) is 1. The van der Waals surface area contributed by atoms with Crippen LogP contribution in [0.25, 0.3) is 0 Å². The molecular weight excluding hydrogens is 484 g/mol. The molecule has 0 bridgehead atoms. The monoisotopic (exact) mass is 526 g/mol. The highest BCUT2D eigenvalue weighted by molar-refractivity contribution is 5.87. The summed E-state index contributed by atoms with van der Waals surface area (Å²) in [6.45, 7) is 8.60. The summed E-state index contributed by atoms with van der Waals surface area (Å²) in [5.74, 6) is -0.256. The van der Waals surface area contributed by atoms with Crippen LogP contribution in [0.2, 0.25) is 0 Å². The SMILES string of the molecule is CCC.CCC(NC=O)c1ccccc1.CCNc1c(Nc2cccc(C=O)c2O)c(=O)c1=O.CN(C)C. The molecule has 0 radical (unpaired) electrons. The molecule has 0 aliphatic carbocycles. The molecule has 9 heteroatoms. The van der Waals surface area contributed by atoms with E-state index in [9.17, 15) is 24.3 Å². The molecule has 3 aromatic carbocycles. The Hall–Kier alpha value is -3.98. The summed E-state index contributed by atoms with van der Waals surface area (Å²) in [6, 6.07) is 14.6. The van der Waals surface area contributed by atoms with Gasteiger partial charge in [0.2, 0.25) is 6.41 Å². The number of aldehydes is 1. The number of anilines is 3. The van der Waals surface area contributed by atoms with Crippen LogP contribution >= 0.6 is 0 Å². The first kappa shape index (κ1) is 34.0. The normalized spacial score (nSPS) is 10.4. The lowest BCUT2D eigenvalue weighted by atomic mass is 10.1. The first-order valence-corrected chi connectivity index (χ1v) is 12.6. The number of carbonyl (C=O) groups excluding carboxylic acids is 2. The molecule has 0 fully saturated rings. The molecule has 1 atom stereocenters. The summed E-state index contributed by atoms with van der Waals surface area (Å²) in [7, 11) is 6.00. The maximum absolute atomic E-state index is 11.5. The predicted octanol–water partition coefficient (Wildman–Crippen LogP) is 4.45. The van der Waals surface area contributed by atoms with Gasteiger partial charge in [-0.2, -0.15) is 0 Å². The number of hydrogen-bond acceptors (Lipinski definition) is 8. The Morgan fingerprint density at radius 1 is 0.868 bits per heavy atom. The van der Waals surface area contributed by atoms with Crippen molar-refractivity contribution in [1.82, 2.24) is 10.2 Å². The van der Waals surface area contributed by atoms with Crippen molar-refractivity contribution in [3.05, 3.63) is 80.1 Å². The van der Waals surface area contributed by atoms with Gasteiger partial charge in [0.15, 0.2) is 6.29 Å². The molecule has 0 spiro atoms. The zero-order valence-electron chi connectivity index (χ0n) is 23.5. The second-order valence-corrected chi connectivity index (χ2v) is 8.63. The number of nitrogens with one attached hydrogen (secondary N) is 3. The Kier molecular flexibility index (Phi) is 17.2. The van der Waals surface area contributed by atoms with Gasteiger partial charge in [-0.1, -0.05) is 63.6 Å². The van der Waals surface area contributed by atoms with E-state index in [1.807, 2.05) is 63.3 Å². The van der Waals surface area contributed by atoms with E-state index in [4.69, 9.17) is 0 Å². The lowest BCUT2D eigenvalue weighted by molar-refractivity contribution is -0.110. The fourth-order valence-electron chi connectivity index (χ4n) is 2.97. The number of aromatic hydroxyl groups is 1. The molecule has 0 aliphatic rings. The van der Waals surface area contributed by atoms with Crippen LogP contribution in [0.3, 0.4) is 0 Å². The molecule has 1 amide bonds. The van der Waals surface area contributed by atoms with E-state index >= 15 is 0 Å². The number of hydrogen-bond donors (Lipinski definition) is 4. The van der Waals surface area contributed by atoms with E-state index in [-0.39, 0.29) is 34.4 Å². The molecule has 9 nitrogen and oxygen atoms in total.